The van der Waals surface area contributed by atoms with Gasteiger partial charge in [0.05, 0.1) is 22.5 Å². The zero-order chi connectivity index (χ0) is 27.1. The minimum absolute atomic E-state index is 0.338. The highest BCUT2D eigenvalue weighted by molar-refractivity contribution is 5.94. The van der Waals surface area contributed by atoms with Gasteiger partial charge < -0.3 is 24.7 Å². The number of hydrogen-bond acceptors (Lipinski definition) is 7. The van der Waals surface area contributed by atoms with Crippen LogP contribution >= 0.6 is 0 Å². The molecule has 194 valence electrons. The van der Waals surface area contributed by atoms with E-state index < -0.39 is 24.3 Å². The molecule has 1 aliphatic heterocycles. The molecule has 0 saturated heterocycles. The minimum atomic E-state index is -5.08. The molecule has 0 fully saturated rings. The van der Waals surface area contributed by atoms with Crippen LogP contribution in [0.3, 0.4) is 0 Å². The molecule has 0 aliphatic carbocycles. The van der Waals surface area contributed by atoms with Crippen LogP contribution in [0.4, 0.5) is 13.2 Å². The predicted molar refractivity (Wildman–Crippen MR) is 122 cm³/mol. The van der Waals surface area contributed by atoms with Crippen molar-refractivity contribution in [3.63, 3.8) is 0 Å². The van der Waals surface area contributed by atoms with Gasteiger partial charge in [-0.1, -0.05) is 11.2 Å². The summed E-state index contributed by atoms with van der Waals surface area (Å²) in [4.78, 5) is 42.0. The molecule has 2 unspecified atom stereocenters. The summed E-state index contributed by atoms with van der Waals surface area (Å²) in [5.74, 6) is -2.06. The molecule has 4 aromatic rings. The molecule has 14 heteroatoms. The Kier molecular flexibility index (Phi) is 6.50. The number of nitrogens with zero attached hydrogens (tertiary/aromatic N) is 3. The van der Waals surface area contributed by atoms with E-state index >= 15 is 0 Å². The molecule has 5 rings (SSSR count). The Hall–Kier alpha value is -4.62. The van der Waals surface area contributed by atoms with Crippen molar-refractivity contribution >= 4 is 22.9 Å². The van der Waals surface area contributed by atoms with Gasteiger partial charge in [-0.2, -0.15) is 13.2 Å². The Balaban J connectivity index is 0.000000405. The summed E-state index contributed by atoms with van der Waals surface area (Å²) in [5.41, 5.74) is 3.59. The highest BCUT2D eigenvalue weighted by Gasteiger charge is 2.41. The van der Waals surface area contributed by atoms with E-state index in [4.69, 9.17) is 19.2 Å². The van der Waals surface area contributed by atoms with E-state index in [9.17, 15) is 22.8 Å². The van der Waals surface area contributed by atoms with E-state index in [2.05, 4.69) is 20.4 Å². The zero-order valence-electron chi connectivity index (χ0n) is 19.6. The van der Waals surface area contributed by atoms with Crippen molar-refractivity contribution in [1.82, 2.24) is 25.0 Å². The molecule has 1 aliphatic rings. The molecule has 3 aromatic heterocycles. The van der Waals surface area contributed by atoms with Crippen molar-refractivity contribution in [2.24, 2.45) is 0 Å². The molecule has 1 amide bonds. The normalized spacial score (nSPS) is 16.5. The fraction of sp³-hybridized carbons (Fsp3) is 0.261. The number of likely N-dealkylation sites (N-methyl/N-ethyl adjacent to an activating group) is 1. The van der Waals surface area contributed by atoms with Crippen molar-refractivity contribution in [2.75, 3.05) is 7.05 Å². The third-order valence-electron chi connectivity index (χ3n) is 5.68. The molecule has 0 bridgehead atoms. The quantitative estimate of drug-likeness (QED) is 0.374. The van der Waals surface area contributed by atoms with E-state index in [1.165, 1.54) is 7.05 Å². The SMILES string of the molecule is CNC(=O)C1Oc2c(-c3c(C)noc3C)ccc3[nH]c(=O)n(c23)C1c1ccccn1.O=C(O)C(F)(F)F. The van der Waals surface area contributed by atoms with Gasteiger partial charge >= 0.3 is 17.8 Å². The van der Waals surface area contributed by atoms with Gasteiger partial charge in [0.1, 0.15) is 17.3 Å². The van der Waals surface area contributed by atoms with E-state index in [1.54, 1.807) is 22.9 Å². The summed E-state index contributed by atoms with van der Waals surface area (Å²) in [5, 5.41) is 13.8. The Morgan fingerprint density at radius 1 is 1.19 bits per heavy atom. The first-order valence-corrected chi connectivity index (χ1v) is 10.8. The number of aromatic nitrogens is 4. The Morgan fingerprint density at radius 3 is 2.43 bits per heavy atom. The number of imidazole rings is 1. The number of aryl methyl sites for hydroxylation is 2. The second kappa shape index (κ2) is 9.44. The number of H-pyrrole nitrogens is 1. The second-order valence-electron chi connectivity index (χ2n) is 7.99. The number of alkyl halides is 3. The molecular formula is C23H20F3N5O6. The van der Waals surface area contributed by atoms with Crippen LogP contribution in [0.5, 0.6) is 5.75 Å². The summed E-state index contributed by atoms with van der Waals surface area (Å²) in [6.45, 7) is 3.65. The Morgan fingerprint density at radius 2 is 1.89 bits per heavy atom. The number of hydrogen-bond donors (Lipinski definition) is 3. The summed E-state index contributed by atoms with van der Waals surface area (Å²) in [7, 11) is 1.53. The van der Waals surface area contributed by atoms with Gasteiger partial charge in [0.15, 0.2) is 5.75 Å². The minimum Gasteiger partial charge on any atom is -0.475 e. The average molecular weight is 519 g/mol. The molecule has 37 heavy (non-hydrogen) atoms. The predicted octanol–water partition coefficient (Wildman–Crippen LogP) is 2.73. The van der Waals surface area contributed by atoms with Crippen molar-refractivity contribution in [1.29, 1.82) is 0 Å². The molecule has 0 spiro atoms. The highest BCUT2D eigenvalue weighted by Crippen LogP contribution is 2.44. The number of carbonyl (C=O) groups is 2. The summed E-state index contributed by atoms with van der Waals surface area (Å²) in [6.07, 6.45) is -4.45. The number of ether oxygens (including phenoxy) is 1. The smallest absolute Gasteiger partial charge is 0.475 e. The van der Waals surface area contributed by atoms with E-state index in [-0.39, 0.29) is 11.6 Å². The van der Waals surface area contributed by atoms with Gasteiger partial charge in [-0.3, -0.25) is 14.3 Å². The average Bonchev–Trinajstić information content (AvgIpc) is 3.38. The van der Waals surface area contributed by atoms with Gasteiger partial charge in [-0.05, 0) is 38.1 Å². The lowest BCUT2D eigenvalue weighted by atomic mass is 9.98. The summed E-state index contributed by atoms with van der Waals surface area (Å²) < 4.78 is 44.9. The number of pyridine rings is 1. The number of rotatable bonds is 3. The van der Waals surface area contributed by atoms with Gasteiger partial charge in [0.2, 0.25) is 6.10 Å². The number of benzene rings is 1. The maximum Gasteiger partial charge on any atom is 0.490 e. The first-order valence-electron chi connectivity index (χ1n) is 10.8. The summed E-state index contributed by atoms with van der Waals surface area (Å²) in [6, 6.07) is 8.30. The van der Waals surface area contributed by atoms with E-state index in [0.717, 1.165) is 5.56 Å². The molecule has 4 heterocycles. The van der Waals surface area contributed by atoms with Crippen LogP contribution in [0, 0.1) is 13.8 Å². The van der Waals surface area contributed by atoms with Crippen LogP contribution < -0.4 is 15.7 Å². The fourth-order valence-electron chi connectivity index (χ4n) is 4.14. The van der Waals surface area contributed by atoms with Crippen LogP contribution in [0.1, 0.15) is 23.2 Å². The van der Waals surface area contributed by atoms with Gasteiger partial charge in [0.25, 0.3) is 5.91 Å². The molecular weight excluding hydrogens is 499 g/mol. The van der Waals surface area contributed by atoms with Gasteiger partial charge in [-0.15, -0.1) is 0 Å². The number of amides is 1. The highest BCUT2D eigenvalue weighted by atomic mass is 19.4. The molecule has 2 atom stereocenters. The van der Waals surface area contributed by atoms with Crippen molar-refractivity contribution in [3.8, 4) is 16.9 Å². The standard InChI is InChI=1S/C21H19N5O4.C2HF3O2/c1-10-15(11(2)30-25-10)12-7-8-14-17-18(12)29-19(20(27)22-3)16(26(17)21(28)24-14)13-6-4-5-9-23-13;3-2(4,5)1(6)7/h4-9,16,19H,1-3H3,(H,22,27)(H,24,28);(H,6,7). The Bertz CT molecular complexity index is 1520. The first-order chi connectivity index (χ1) is 17.5. The lowest BCUT2D eigenvalue weighted by Crippen LogP contribution is -2.47. The number of aliphatic carboxylic acids is 1. The Labute approximate surface area is 205 Å². The summed E-state index contributed by atoms with van der Waals surface area (Å²) >= 11 is 0. The monoisotopic (exact) mass is 519 g/mol. The number of aromatic amines is 1. The van der Waals surface area contributed by atoms with E-state index in [1.807, 2.05) is 32.0 Å². The zero-order valence-corrected chi connectivity index (χ0v) is 19.6. The third-order valence-corrected chi connectivity index (χ3v) is 5.68. The van der Waals surface area contributed by atoms with Crippen molar-refractivity contribution < 1.29 is 37.1 Å². The maximum atomic E-state index is 13.0. The van der Waals surface area contributed by atoms with Crippen LogP contribution in [0.2, 0.25) is 0 Å². The molecule has 3 N–H and O–H groups in total. The largest absolute Gasteiger partial charge is 0.490 e. The third kappa shape index (κ3) is 4.52. The second-order valence-corrected chi connectivity index (χ2v) is 7.99. The lowest BCUT2D eigenvalue weighted by Gasteiger charge is -2.32. The molecule has 0 radical (unpaired) electrons. The van der Waals surface area contributed by atoms with Crippen LogP contribution in [-0.4, -0.2) is 56.0 Å². The van der Waals surface area contributed by atoms with Gasteiger partial charge in [-0.25, -0.2) is 9.59 Å². The van der Waals surface area contributed by atoms with Crippen LogP contribution in [-0.2, 0) is 9.59 Å². The maximum absolute atomic E-state index is 13.0. The molecule has 11 nitrogen and oxygen atoms in total. The number of carbonyl (C=O) groups excluding carboxylic acids is 1. The molecule has 0 saturated carbocycles. The van der Waals surface area contributed by atoms with Crippen molar-refractivity contribution in [2.45, 2.75) is 32.2 Å². The number of nitrogens with one attached hydrogen (secondary N) is 2. The van der Waals surface area contributed by atoms with Crippen LogP contribution in [0.15, 0.2) is 45.8 Å². The van der Waals surface area contributed by atoms with Crippen LogP contribution in [0.25, 0.3) is 22.2 Å². The van der Waals surface area contributed by atoms with Gasteiger partial charge in [0, 0.05) is 18.8 Å². The number of halogens is 3. The first kappa shape index (κ1) is 25.5. The fourth-order valence-corrected chi connectivity index (χ4v) is 4.14. The lowest BCUT2D eigenvalue weighted by molar-refractivity contribution is -0.192. The van der Waals surface area contributed by atoms with Crippen molar-refractivity contribution in [3.05, 3.63) is 64.2 Å². The topological polar surface area (TPSA) is 152 Å². The number of carboxylic acids is 1. The number of carboxylic acid groups (broad SMARTS) is 1. The van der Waals surface area contributed by atoms with E-state index in [0.29, 0.717) is 39.5 Å². The molecule has 1 aromatic carbocycles.